The largest absolute Gasteiger partial charge is 0.496 e. The SMILES string of the molecule is COc1ccc(Cl)cc1CS(=O)(=O)CC(=O)N1[C@H](C)CCC[C@H]1C. The molecule has 134 valence electrons. The molecule has 1 amide bonds. The minimum absolute atomic E-state index is 0.0807. The van der Waals surface area contributed by atoms with Crippen LogP contribution in [0.3, 0.4) is 0 Å². The predicted molar refractivity (Wildman–Crippen MR) is 95.1 cm³/mol. The Bertz CT molecular complexity index is 695. The zero-order valence-electron chi connectivity index (χ0n) is 14.3. The van der Waals surface area contributed by atoms with Gasteiger partial charge in [0.25, 0.3) is 0 Å². The monoisotopic (exact) mass is 373 g/mol. The topological polar surface area (TPSA) is 63.7 Å². The Hall–Kier alpha value is -1.27. The van der Waals surface area contributed by atoms with Gasteiger partial charge in [-0.25, -0.2) is 8.42 Å². The molecule has 0 aromatic heterocycles. The van der Waals surface area contributed by atoms with Crippen molar-refractivity contribution >= 4 is 27.3 Å². The van der Waals surface area contributed by atoms with Gasteiger partial charge in [-0.1, -0.05) is 11.6 Å². The molecule has 24 heavy (non-hydrogen) atoms. The number of nitrogens with zero attached hydrogens (tertiary/aromatic N) is 1. The number of hydrogen-bond acceptors (Lipinski definition) is 4. The van der Waals surface area contributed by atoms with Gasteiger partial charge in [-0.05, 0) is 51.3 Å². The number of amides is 1. The van der Waals surface area contributed by atoms with E-state index < -0.39 is 15.6 Å². The second-order valence-corrected chi connectivity index (χ2v) is 8.92. The molecule has 0 unspecified atom stereocenters. The molecular formula is C17H24ClNO4S. The van der Waals surface area contributed by atoms with E-state index in [1.54, 1.807) is 23.1 Å². The summed E-state index contributed by atoms with van der Waals surface area (Å²) in [5.74, 6) is -0.623. The van der Waals surface area contributed by atoms with Crippen molar-refractivity contribution in [2.75, 3.05) is 12.9 Å². The van der Waals surface area contributed by atoms with E-state index >= 15 is 0 Å². The van der Waals surface area contributed by atoms with Gasteiger partial charge in [0, 0.05) is 22.7 Å². The molecule has 0 N–H and O–H groups in total. The highest BCUT2D eigenvalue weighted by Gasteiger charge is 2.31. The van der Waals surface area contributed by atoms with Crippen molar-refractivity contribution in [1.29, 1.82) is 0 Å². The fourth-order valence-electron chi connectivity index (χ4n) is 3.32. The van der Waals surface area contributed by atoms with Crippen molar-refractivity contribution in [3.8, 4) is 5.75 Å². The first-order chi connectivity index (χ1) is 11.2. The predicted octanol–water partition coefficient (Wildman–Crippen LogP) is 3.05. The lowest BCUT2D eigenvalue weighted by molar-refractivity contribution is -0.134. The lowest BCUT2D eigenvalue weighted by atomic mass is 9.98. The summed E-state index contributed by atoms with van der Waals surface area (Å²) < 4.78 is 30.2. The Kier molecular flexibility index (Phi) is 6.15. The van der Waals surface area contributed by atoms with Crippen LogP contribution in [0.2, 0.25) is 5.02 Å². The Morgan fingerprint density at radius 3 is 2.50 bits per heavy atom. The molecule has 1 heterocycles. The maximum Gasteiger partial charge on any atom is 0.238 e. The molecule has 2 rings (SSSR count). The number of carbonyl (C=O) groups excluding carboxylic acids is 1. The lowest BCUT2D eigenvalue weighted by Crippen LogP contribution is -2.49. The molecule has 2 atom stereocenters. The number of hydrogen-bond donors (Lipinski definition) is 0. The first-order valence-corrected chi connectivity index (χ1v) is 10.3. The smallest absolute Gasteiger partial charge is 0.238 e. The van der Waals surface area contributed by atoms with Gasteiger partial charge in [0.2, 0.25) is 5.91 Å². The minimum atomic E-state index is -3.61. The van der Waals surface area contributed by atoms with Crippen LogP contribution < -0.4 is 4.74 Å². The average Bonchev–Trinajstić information content (AvgIpc) is 2.46. The molecule has 0 saturated carbocycles. The van der Waals surface area contributed by atoms with Crippen LogP contribution in [0, 0.1) is 0 Å². The third-order valence-electron chi connectivity index (χ3n) is 4.44. The normalized spacial score (nSPS) is 21.6. The van der Waals surface area contributed by atoms with Crippen LogP contribution in [0.25, 0.3) is 0 Å². The van der Waals surface area contributed by atoms with Crippen LogP contribution in [0.1, 0.15) is 38.7 Å². The van der Waals surface area contributed by atoms with Gasteiger partial charge in [-0.2, -0.15) is 0 Å². The Morgan fingerprint density at radius 1 is 1.29 bits per heavy atom. The number of benzene rings is 1. The second-order valence-electron chi connectivity index (χ2n) is 6.42. The highest BCUT2D eigenvalue weighted by Crippen LogP contribution is 2.26. The molecule has 0 spiro atoms. The number of likely N-dealkylation sites (tertiary alicyclic amines) is 1. The summed E-state index contributed by atoms with van der Waals surface area (Å²) in [6.45, 7) is 3.94. The summed E-state index contributed by atoms with van der Waals surface area (Å²) in [4.78, 5) is 14.3. The number of carbonyl (C=O) groups is 1. The molecule has 0 radical (unpaired) electrons. The number of methoxy groups -OCH3 is 1. The van der Waals surface area contributed by atoms with Gasteiger partial charge >= 0.3 is 0 Å². The van der Waals surface area contributed by atoms with Crippen molar-refractivity contribution < 1.29 is 17.9 Å². The molecule has 1 saturated heterocycles. The summed E-state index contributed by atoms with van der Waals surface area (Å²) in [5.41, 5.74) is 0.470. The number of piperidine rings is 1. The van der Waals surface area contributed by atoms with Crippen LogP contribution in [0.15, 0.2) is 18.2 Å². The first-order valence-electron chi connectivity index (χ1n) is 8.07. The van der Waals surface area contributed by atoms with Gasteiger partial charge in [-0.3, -0.25) is 4.79 Å². The number of rotatable bonds is 5. The summed E-state index contributed by atoms with van der Waals surface area (Å²) in [7, 11) is -2.14. The van der Waals surface area contributed by atoms with E-state index in [1.165, 1.54) is 7.11 Å². The van der Waals surface area contributed by atoms with Gasteiger partial charge in [0.05, 0.1) is 12.9 Å². The summed E-state index contributed by atoms with van der Waals surface area (Å²) in [5, 5.41) is 0.436. The maximum absolute atomic E-state index is 12.5. The molecular weight excluding hydrogens is 350 g/mol. The average molecular weight is 374 g/mol. The first kappa shape index (κ1) is 19.1. The Balaban J connectivity index is 2.14. The van der Waals surface area contributed by atoms with Crippen LogP contribution in [0.4, 0.5) is 0 Å². The van der Waals surface area contributed by atoms with Crippen molar-refractivity contribution in [1.82, 2.24) is 4.90 Å². The fourth-order valence-corrected chi connectivity index (χ4v) is 4.84. The molecule has 7 heteroatoms. The van der Waals surface area contributed by atoms with Gasteiger partial charge in [0.1, 0.15) is 11.5 Å². The van der Waals surface area contributed by atoms with E-state index in [4.69, 9.17) is 16.3 Å². The second kappa shape index (κ2) is 7.74. The highest BCUT2D eigenvalue weighted by atomic mass is 35.5. The van der Waals surface area contributed by atoms with Crippen LogP contribution in [0.5, 0.6) is 5.75 Å². The quantitative estimate of drug-likeness (QED) is 0.795. The number of halogens is 1. The van der Waals surface area contributed by atoms with Crippen molar-refractivity contribution in [3.63, 3.8) is 0 Å². The fraction of sp³-hybridized carbons (Fsp3) is 0.588. The van der Waals surface area contributed by atoms with Crippen LogP contribution in [-0.4, -0.2) is 44.2 Å². The van der Waals surface area contributed by atoms with E-state index in [9.17, 15) is 13.2 Å². The Morgan fingerprint density at radius 2 is 1.92 bits per heavy atom. The van der Waals surface area contributed by atoms with E-state index in [0.29, 0.717) is 16.3 Å². The van der Waals surface area contributed by atoms with Gasteiger partial charge in [0.15, 0.2) is 9.84 Å². The third kappa shape index (κ3) is 4.63. The molecule has 0 aliphatic carbocycles. The maximum atomic E-state index is 12.5. The number of sulfone groups is 1. The van der Waals surface area contributed by atoms with Gasteiger partial charge < -0.3 is 9.64 Å². The molecule has 1 aromatic carbocycles. The molecule has 1 aromatic rings. The van der Waals surface area contributed by atoms with Crippen LogP contribution in [-0.2, 0) is 20.4 Å². The molecule has 1 aliphatic heterocycles. The summed E-state index contributed by atoms with van der Waals surface area (Å²) in [6.07, 6.45) is 2.90. The van der Waals surface area contributed by atoms with E-state index in [1.807, 2.05) is 13.8 Å². The van der Waals surface area contributed by atoms with E-state index in [2.05, 4.69) is 0 Å². The van der Waals surface area contributed by atoms with Crippen molar-refractivity contribution in [2.24, 2.45) is 0 Å². The molecule has 1 aliphatic rings. The summed E-state index contributed by atoms with van der Waals surface area (Å²) in [6, 6.07) is 4.99. The molecule has 1 fully saturated rings. The highest BCUT2D eigenvalue weighted by molar-refractivity contribution is 7.91. The van der Waals surface area contributed by atoms with Gasteiger partial charge in [-0.15, -0.1) is 0 Å². The molecule has 0 bridgehead atoms. The standard InChI is InChI=1S/C17H24ClNO4S/c1-12-5-4-6-13(2)19(12)17(20)11-24(21,22)10-14-9-15(18)7-8-16(14)23-3/h7-9,12-13H,4-6,10-11H2,1-3H3/t12-,13-/m1/s1. The third-order valence-corrected chi connectivity index (χ3v) is 6.12. The number of ether oxygens (including phenoxy) is 1. The van der Waals surface area contributed by atoms with Crippen LogP contribution >= 0.6 is 11.6 Å². The van der Waals surface area contributed by atoms with Crippen molar-refractivity contribution in [3.05, 3.63) is 28.8 Å². The zero-order chi connectivity index (χ0) is 17.9. The zero-order valence-corrected chi connectivity index (χ0v) is 15.9. The van der Waals surface area contributed by atoms with E-state index in [0.717, 1.165) is 19.3 Å². The minimum Gasteiger partial charge on any atom is -0.496 e. The summed E-state index contributed by atoms with van der Waals surface area (Å²) >= 11 is 5.94. The van der Waals surface area contributed by atoms with Crippen molar-refractivity contribution in [2.45, 2.75) is 50.9 Å². The Labute approximate surface area is 148 Å². The lowest BCUT2D eigenvalue weighted by Gasteiger charge is -2.39. The van der Waals surface area contributed by atoms with E-state index in [-0.39, 0.29) is 23.7 Å². The molecule has 5 nitrogen and oxygen atoms in total.